The average molecular weight is 454 g/mol. The van der Waals surface area contributed by atoms with Crippen LogP contribution >= 0.6 is 0 Å². The summed E-state index contributed by atoms with van der Waals surface area (Å²) < 4.78 is 32.1. The first-order chi connectivity index (χ1) is 16.2. The summed E-state index contributed by atoms with van der Waals surface area (Å²) in [6, 6.07) is 18.1. The number of aromatic nitrogens is 3. The average Bonchev–Trinajstić information content (AvgIpc) is 3.58. The third-order valence-corrected chi connectivity index (χ3v) is 6.81. The SMILES string of the molecule is FC(F)Oc1ccc(C(c2nncn2Cc2ccccc2)C2CCCN2C2CCNC2)cc1. The smallest absolute Gasteiger partial charge is 0.387 e. The van der Waals surface area contributed by atoms with Crippen LogP contribution < -0.4 is 10.1 Å². The van der Waals surface area contributed by atoms with E-state index in [0.29, 0.717) is 12.6 Å². The van der Waals surface area contributed by atoms with Gasteiger partial charge < -0.3 is 14.6 Å². The summed E-state index contributed by atoms with van der Waals surface area (Å²) in [6.45, 7) is 0.959. The van der Waals surface area contributed by atoms with Gasteiger partial charge in [-0.2, -0.15) is 8.78 Å². The Hall–Kier alpha value is -2.84. The molecule has 2 aliphatic heterocycles. The number of hydrogen-bond donors (Lipinski definition) is 1. The predicted octanol–water partition coefficient (Wildman–Crippen LogP) is 3.89. The monoisotopic (exact) mass is 453 g/mol. The van der Waals surface area contributed by atoms with Crippen LogP contribution in [-0.4, -0.2) is 58.0 Å². The van der Waals surface area contributed by atoms with Gasteiger partial charge in [0.2, 0.25) is 0 Å². The molecule has 0 spiro atoms. The largest absolute Gasteiger partial charge is 0.435 e. The lowest BCUT2D eigenvalue weighted by Crippen LogP contribution is -2.44. The molecule has 2 aliphatic rings. The van der Waals surface area contributed by atoms with Crippen LogP contribution in [0.15, 0.2) is 60.9 Å². The van der Waals surface area contributed by atoms with Crippen LogP contribution in [0.4, 0.5) is 8.78 Å². The molecule has 5 rings (SSSR count). The van der Waals surface area contributed by atoms with Gasteiger partial charge in [-0.1, -0.05) is 42.5 Å². The van der Waals surface area contributed by atoms with Gasteiger partial charge in [0.15, 0.2) is 0 Å². The van der Waals surface area contributed by atoms with Gasteiger partial charge in [-0.05, 0) is 55.6 Å². The summed E-state index contributed by atoms with van der Waals surface area (Å²) in [5, 5.41) is 12.3. The summed E-state index contributed by atoms with van der Waals surface area (Å²) in [5.41, 5.74) is 2.23. The van der Waals surface area contributed by atoms with Gasteiger partial charge in [-0.3, -0.25) is 4.90 Å². The Morgan fingerprint density at radius 3 is 2.61 bits per heavy atom. The summed E-state index contributed by atoms with van der Waals surface area (Å²) >= 11 is 0. The lowest BCUT2D eigenvalue weighted by Gasteiger charge is -2.35. The Balaban J connectivity index is 1.50. The molecule has 1 N–H and O–H groups in total. The molecule has 3 heterocycles. The Bertz CT molecular complexity index is 1020. The molecule has 3 unspecified atom stereocenters. The molecule has 0 bridgehead atoms. The van der Waals surface area contributed by atoms with Crippen molar-refractivity contribution in [2.45, 2.75) is 50.4 Å². The van der Waals surface area contributed by atoms with Gasteiger partial charge in [0, 0.05) is 18.6 Å². The van der Waals surface area contributed by atoms with E-state index in [4.69, 9.17) is 0 Å². The molecule has 174 valence electrons. The lowest BCUT2D eigenvalue weighted by molar-refractivity contribution is -0.0498. The fourth-order valence-electron chi connectivity index (χ4n) is 5.36. The molecule has 33 heavy (non-hydrogen) atoms. The van der Waals surface area contributed by atoms with Crippen molar-refractivity contribution in [3.05, 3.63) is 77.9 Å². The number of rotatable bonds is 8. The number of nitrogens with one attached hydrogen (secondary N) is 1. The molecule has 0 aliphatic carbocycles. The van der Waals surface area contributed by atoms with Gasteiger partial charge in [-0.15, -0.1) is 10.2 Å². The van der Waals surface area contributed by atoms with E-state index in [-0.39, 0.29) is 17.7 Å². The maximum Gasteiger partial charge on any atom is 0.387 e. The van der Waals surface area contributed by atoms with Crippen molar-refractivity contribution in [2.75, 3.05) is 19.6 Å². The molecule has 0 saturated carbocycles. The molecular formula is C25H29F2N5O. The second-order valence-corrected chi connectivity index (χ2v) is 8.82. The van der Waals surface area contributed by atoms with Crippen molar-refractivity contribution in [2.24, 2.45) is 0 Å². The Kier molecular flexibility index (Phi) is 6.64. The van der Waals surface area contributed by atoms with E-state index < -0.39 is 6.61 Å². The summed E-state index contributed by atoms with van der Waals surface area (Å²) in [7, 11) is 0. The highest BCUT2D eigenvalue weighted by Gasteiger charge is 2.40. The van der Waals surface area contributed by atoms with Crippen LogP contribution in [0, 0.1) is 0 Å². The Morgan fingerprint density at radius 2 is 1.88 bits per heavy atom. The Morgan fingerprint density at radius 1 is 1.06 bits per heavy atom. The highest BCUT2D eigenvalue weighted by atomic mass is 19.3. The van der Waals surface area contributed by atoms with Crippen LogP contribution in [0.5, 0.6) is 5.75 Å². The topological polar surface area (TPSA) is 55.2 Å². The number of nitrogens with zero attached hydrogens (tertiary/aromatic N) is 4. The maximum atomic E-state index is 12.7. The zero-order valence-corrected chi connectivity index (χ0v) is 18.5. The van der Waals surface area contributed by atoms with Crippen molar-refractivity contribution in [3.8, 4) is 5.75 Å². The van der Waals surface area contributed by atoms with E-state index in [1.807, 2.05) is 30.3 Å². The van der Waals surface area contributed by atoms with Crippen LogP contribution in [0.2, 0.25) is 0 Å². The molecular weight excluding hydrogens is 424 g/mol. The van der Waals surface area contributed by atoms with E-state index in [2.05, 4.69) is 41.9 Å². The van der Waals surface area contributed by atoms with E-state index in [1.54, 1.807) is 18.5 Å². The molecule has 8 heteroatoms. The van der Waals surface area contributed by atoms with Gasteiger partial charge in [-0.25, -0.2) is 0 Å². The maximum absolute atomic E-state index is 12.7. The van der Waals surface area contributed by atoms with Crippen molar-refractivity contribution < 1.29 is 13.5 Å². The molecule has 0 radical (unpaired) electrons. The van der Waals surface area contributed by atoms with Crippen LogP contribution in [0.25, 0.3) is 0 Å². The number of ether oxygens (including phenoxy) is 1. The zero-order chi connectivity index (χ0) is 22.6. The summed E-state index contributed by atoms with van der Waals surface area (Å²) in [4.78, 5) is 2.62. The minimum atomic E-state index is -2.83. The van der Waals surface area contributed by atoms with Gasteiger partial charge in [0.1, 0.15) is 17.9 Å². The quantitative estimate of drug-likeness (QED) is 0.561. The van der Waals surface area contributed by atoms with Gasteiger partial charge in [0.25, 0.3) is 0 Å². The molecule has 2 saturated heterocycles. The first-order valence-corrected chi connectivity index (χ1v) is 11.6. The first-order valence-electron chi connectivity index (χ1n) is 11.6. The lowest BCUT2D eigenvalue weighted by atomic mass is 9.88. The third-order valence-electron chi connectivity index (χ3n) is 6.81. The highest BCUT2D eigenvalue weighted by Crippen LogP contribution is 2.38. The van der Waals surface area contributed by atoms with Crippen molar-refractivity contribution in [1.82, 2.24) is 25.0 Å². The molecule has 3 aromatic rings. The second kappa shape index (κ2) is 9.97. The molecule has 0 amide bonds. The third kappa shape index (κ3) is 4.91. The number of halogens is 2. The summed E-state index contributed by atoms with van der Waals surface area (Å²) in [5.74, 6) is 1.06. The molecule has 2 aromatic carbocycles. The van der Waals surface area contributed by atoms with Crippen LogP contribution in [-0.2, 0) is 6.54 Å². The van der Waals surface area contributed by atoms with E-state index in [1.165, 1.54) is 5.56 Å². The molecule has 3 atom stereocenters. The standard InChI is InChI=1S/C25H29F2N5O/c26-25(27)33-21-10-8-19(9-11-21)23(22-7-4-14-32(22)20-12-13-28-15-20)24-30-29-17-31(24)16-18-5-2-1-3-6-18/h1-3,5-6,8-11,17,20,22-23,25,28H,4,7,12-16H2. The van der Waals surface area contributed by atoms with E-state index >= 15 is 0 Å². The fourth-order valence-corrected chi connectivity index (χ4v) is 5.36. The second-order valence-electron chi connectivity index (χ2n) is 8.82. The predicted molar refractivity (Wildman–Crippen MR) is 121 cm³/mol. The fraction of sp³-hybridized carbons (Fsp3) is 0.440. The molecule has 2 fully saturated rings. The van der Waals surface area contributed by atoms with E-state index in [0.717, 1.165) is 50.3 Å². The van der Waals surface area contributed by atoms with Crippen molar-refractivity contribution in [3.63, 3.8) is 0 Å². The zero-order valence-electron chi connectivity index (χ0n) is 18.5. The van der Waals surface area contributed by atoms with Crippen LogP contribution in [0.1, 0.15) is 42.1 Å². The van der Waals surface area contributed by atoms with Crippen molar-refractivity contribution >= 4 is 0 Å². The van der Waals surface area contributed by atoms with Gasteiger partial charge >= 0.3 is 6.61 Å². The van der Waals surface area contributed by atoms with Crippen molar-refractivity contribution in [1.29, 1.82) is 0 Å². The number of alkyl halides is 2. The van der Waals surface area contributed by atoms with Crippen LogP contribution in [0.3, 0.4) is 0 Å². The molecule has 1 aromatic heterocycles. The van der Waals surface area contributed by atoms with E-state index in [9.17, 15) is 8.78 Å². The number of hydrogen-bond acceptors (Lipinski definition) is 5. The number of likely N-dealkylation sites (tertiary alicyclic amines) is 1. The summed E-state index contributed by atoms with van der Waals surface area (Å²) in [6.07, 6.45) is 5.13. The number of benzene rings is 2. The minimum Gasteiger partial charge on any atom is -0.435 e. The molecule has 6 nitrogen and oxygen atoms in total. The normalized spacial score (nSPS) is 22.2. The highest BCUT2D eigenvalue weighted by molar-refractivity contribution is 5.34. The van der Waals surface area contributed by atoms with Gasteiger partial charge in [0.05, 0.1) is 12.5 Å². The Labute approximate surface area is 192 Å². The minimum absolute atomic E-state index is 0.0140. The first kappa shape index (κ1) is 22.0.